The number of hydrogen-bond donors (Lipinski definition) is 9. The zero-order valence-electron chi connectivity index (χ0n) is 30.7. The molecule has 0 radical (unpaired) electrons. The van der Waals surface area contributed by atoms with Crippen molar-refractivity contribution >= 4 is 24.1 Å². The van der Waals surface area contributed by atoms with Gasteiger partial charge < -0.3 is 83.9 Å². The first-order valence-electron chi connectivity index (χ1n) is 18.4. The van der Waals surface area contributed by atoms with E-state index < -0.39 is 128 Å². The third-order valence-corrected chi connectivity index (χ3v) is 10.9. The average molecular weight is 817 g/mol. The number of ether oxygens (including phenoxy) is 8. The molecule has 1 saturated carbocycles. The third kappa shape index (κ3) is 8.16. The molecule has 9 N–H and O–H groups in total. The number of hydrogen-bond acceptors (Lipinski definition) is 19. The fraction of sp³-hybridized carbons (Fsp3) is 0.487. The van der Waals surface area contributed by atoms with Crippen LogP contribution in [0, 0.1) is 11.8 Å². The summed E-state index contributed by atoms with van der Waals surface area (Å²) in [5.41, 5.74) is -0.487. The summed E-state index contributed by atoms with van der Waals surface area (Å²) in [6.45, 7) is 0.213. The number of carbonyl (C=O) groups excluding carboxylic acids is 2. The van der Waals surface area contributed by atoms with Crippen molar-refractivity contribution in [1.82, 2.24) is 0 Å². The Labute approximate surface area is 330 Å². The Kier molecular flexibility index (Phi) is 12.1. The van der Waals surface area contributed by atoms with Gasteiger partial charge in [0.2, 0.25) is 6.29 Å². The van der Waals surface area contributed by atoms with Crippen LogP contribution in [0.2, 0.25) is 0 Å². The highest BCUT2D eigenvalue weighted by atomic mass is 16.8. The van der Waals surface area contributed by atoms with E-state index in [0.29, 0.717) is 11.1 Å². The maximum atomic E-state index is 13.3. The predicted octanol–water partition coefficient (Wildman–Crippen LogP) is -1.09. The third-order valence-electron chi connectivity index (χ3n) is 10.9. The van der Waals surface area contributed by atoms with Crippen molar-refractivity contribution < 1.29 is 93.4 Å². The highest BCUT2D eigenvalue weighted by molar-refractivity contribution is 5.88. The summed E-state index contributed by atoms with van der Waals surface area (Å²) in [7, 11) is 0. The molecule has 4 fully saturated rings. The average Bonchev–Trinajstić information content (AvgIpc) is 3.89. The first-order chi connectivity index (χ1) is 27.7. The molecule has 16 atom stereocenters. The molecule has 0 unspecified atom stereocenters. The summed E-state index contributed by atoms with van der Waals surface area (Å²) in [5, 5.41) is 91.9. The van der Waals surface area contributed by atoms with E-state index in [9.17, 15) is 55.5 Å². The Morgan fingerprint density at radius 3 is 2.09 bits per heavy atom. The van der Waals surface area contributed by atoms with Crippen LogP contribution >= 0.6 is 0 Å². The molecule has 19 nitrogen and oxygen atoms in total. The SMILES string of the molecule is C[C@H]1O[C@H](O[C@H]2[C@H]3C=CO[C@@H](O[C@@H]4O[C@H](CO)[C@@H](O)[C@@H](O)[C@@H]4O)[C@@H]3[C@@]3(CO)O[C@@H]23)[C@H](OC(=O)/C=C/c2ccc(O)cc2)[C@H](OC(=O)/C=C/c2ccc(O)c(O)c2)[C@@H]1O. The minimum absolute atomic E-state index is 0.00764. The molecule has 2 aromatic carbocycles. The molecule has 0 aromatic heterocycles. The van der Waals surface area contributed by atoms with Crippen molar-refractivity contribution in [1.29, 1.82) is 0 Å². The molecular formula is C39H44O19. The standard InChI is InChI=1S/C39H44O19/c1-17-28(47)33(54-25(45)11-6-19-4-9-22(43)23(44)14-19)34(55-26(46)10-5-18-2-7-20(42)8-3-18)38(52-17)56-32-21-12-13-51-36(27(21)39(16-41)35(32)58-39)57-37-31(50)30(49)29(48)24(15-40)53-37/h2-14,17,21,24,27-38,40-44,47-50H,15-16H2,1H3/b10-5+,11-6+/t17-,21+,24-,27-,28-,29-,30-,31+,32+,33-,34-,35+,36+,37+,38-,39-/m1/s1. The van der Waals surface area contributed by atoms with Crippen molar-refractivity contribution in [3.63, 3.8) is 0 Å². The number of benzene rings is 2. The van der Waals surface area contributed by atoms with Crippen LogP contribution < -0.4 is 0 Å². The van der Waals surface area contributed by atoms with Crippen LogP contribution in [0.15, 0.2) is 67.0 Å². The monoisotopic (exact) mass is 816 g/mol. The maximum Gasteiger partial charge on any atom is 0.331 e. The van der Waals surface area contributed by atoms with Gasteiger partial charge in [-0.25, -0.2) is 9.59 Å². The Hall–Kier alpha value is -4.64. The zero-order chi connectivity index (χ0) is 41.5. The minimum Gasteiger partial charge on any atom is -0.508 e. The number of rotatable bonds is 12. The molecule has 314 valence electrons. The number of epoxide rings is 1. The number of carbonyl (C=O) groups is 2. The van der Waals surface area contributed by atoms with Gasteiger partial charge >= 0.3 is 11.9 Å². The summed E-state index contributed by atoms with van der Waals surface area (Å²) < 4.78 is 47.2. The van der Waals surface area contributed by atoms with Crippen LogP contribution in [0.25, 0.3) is 12.2 Å². The summed E-state index contributed by atoms with van der Waals surface area (Å²) in [4.78, 5) is 26.5. The fourth-order valence-electron chi connectivity index (χ4n) is 7.72. The van der Waals surface area contributed by atoms with Gasteiger partial charge in [-0.2, -0.15) is 0 Å². The van der Waals surface area contributed by atoms with E-state index in [2.05, 4.69) is 0 Å². The fourth-order valence-corrected chi connectivity index (χ4v) is 7.72. The molecule has 4 aliphatic heterocycles. The molecular weight excluding hydrogens is 772 g/mol. The second-order valence-corrected chi connectivity index (χ2v) is 14.5. The van der Waals surface area contributed by atoms with Gasteiger partial charge in [-0.05, 0) is 60.5 Å². The topological polar surface area (TPSA) is 293 Å². The number of fused-ring (bicyclic) bond motifs is 3. The van der Waals surface area contributed by atoms with Crippen molar-refractivity contribution in [3.8, 4) is 17.2 Å². The lowest BCUT2D eigenvalue weighted by Gasteiger charge is -2.44. The largest absolute Gasteiger partial charge is 0.508 e. The Bertz CT molecular complexity index is 1880. The molecule has 0 amide bonds. The van der Waals surface area contributed by atoms with Crippen molar-refractivity contribution in [2.75, 3.05) is 13.2 Å². The van der Waals surface area contributed by atoms with E-state index >= 15 is 0 Å². The minimum atomic E-state index is -1.76. The lowest BCUT2D eigenvalue weighted by molar-refractivity contribution is -0.347. The van der Waals surface area contributed by atoms with Crippen LogP contribution in [-0.2, 0) is 47.5 Å². The lowest BCUT2D eigenvalue weighted by Crippen LogP contribution is -2.61. The van der Waals surface area contributed by atoms with Crippen LogP contribution in [0.3, 0.4) is 0 Å². The van der Waals surface area contributed by atoms with Gasteiger partial charge in [0.15, 0.2) is 36.3 Å². The highest BCUT2D eigenvalue weighted by Gasteiger charge is 2.77. The predicted molar refractivity (Wildman–Crippen MR) is 191 cm³/mol. The van der Waals surface area contributed by atoms with Gasteiger partial charge in [0, 0.05) is 18.1 Å². The van der Waals surface area contributed by atoms with Gasteiger partial charge in [-0.15, -0.1) is 0 Å². The van der Waals surface area contributed by atoms with E-state index in [1.807, 2.05) is 0 Å². The quantitative estimate of drug-likeness (QED) is 0.0532. The summed E-state index contributed by atoms with van der Waals surface area (Å²) in [6, 6.07) is 9.74. The van der Waals surface area contributed by atoms with Crippen molar-refractivity contribution in [3.05, 3.63) is 78.1 Å². The van der Waals surface area contributed by atoms with E-state index in [1.54, 1.807) is 18.2 Å². The summed E-state index contributed by atoms with van der Waals surface area (Å²) >= 11 is 0. The molecule has 5 aliphatic rings. The number of aromatic hydroxyl groups is 3. The Morgan fingerprint density at radius 2 is 1.41 bits per heavy atom. The number of aliphatic hydroxyl groups is 6. The van der Waals surface area contributed by atoms with Gasteiger partial charge in [0.25, 0.3) is 0 Å². The molecule has 0 bridgehead atoms. The van der Waals surface area contributed by atoms with E-state index in [1.165, 1.54) is 55.7 Å². The molecule has 58 heavy (non-hydrogen) atoms. The Morgan fingerprint density at radius 1 is 0.741 bits per heavy atom. The summed E-state index contributed by atoms with van der Waals surface area (Å²) in [6.07, 6.45) is -10.9. The number of esters is 2. The van der Waals surface area contributed by atoms with Gasteiger partial charge in [-0.1, -0.05) is 18.2 Å². The molecule has 2 aromatic rings. The molecule has 19 heteroatoms. The van der Waals surface area contributed by atoms with Crippen LogP contribution in [0.5, 0.6) is 17.2 Å². The molecule has 4 heterocycles. The molecule has 1 aliphatic carbocycles. The second-order valence-electron chi connectivity index (χ2n) is 14.5. The van der Waals surface area contributed by atoms with Gasteiger partial charge in [0.1, 0.15) is 48.0 Å². The van der Waals surface area contributed by atoms with Crippen LogP contribution in [0.1, 0.15) is 18.1 Å². The molecule has 0 spiro atoms. The number of phenolic OH excluding ortho intramolecular Hbond substituents is 3. The maximum absolute atomic E-state index is 13.3. The van der Waals surface area contributed by atoms with Crippen molar-refractivity contribution in [2.45, 2.75) is 92.4 Å². The molecule has 3 saturated heterocycles. The van der Waals surface area contributed by atoms with Gasteiger partial charge in [0.05, 0.1) is 37.6 Å². The summed E-state index contributed by atoms with van der Waals surface area (Å²) in [5.74, 6) is -4.28. The second kappa shape index (κ2) is 16.9. The first-order valence-corrected chi connectivity index (χ1v) is 18.4. The van der Waals surface area contributed by atoms with E-state index in [-0.39, 0.29) is 11.5 Å². The van der Waals surface area contributed by atoms with Crippen LogP contribution in [0.4, 0.5) is 0 Å². The Balaban J connectivity index is 1.14. The van der Waals surface area contributed by atoms with Crippen LogP contribution in [-0.4, -0.2) is 157 Å². The zero-order valence-corrected chi connectivity index (χ0v) is 30.7. The number of phenols is 3. The number of aliphatic hydroxyl groups excluding tert-OH is 6. The molecule has 7 rings (SSSR count). The van der Waals surface area contributed by atoms with E-state index in [0.717, 1.165) is 12.2 Å². The van der Waals surface area contributed by atoms with Gasteiger partial charge in [-0.3, -0.25) is 0 Å². The van der Waals surface area contributed by atoms with Crippen molar-refractivity contribution in [2.24, 2.45) is 11.8 Å². The first kappa shape index (κ1) is 41.5. The lowest BCUT2D eigenvalue weighted by atomic mass is 9.85. The normalized spacial score (nSPS) is 39.2. The smallest absolute Gasteiger partial charge is 0.331 e. The highest BCUT2D eigenvalue weighted by Crippen LogP contribution is 2.61. The van der Waals surface area contributed by atoms with E-state index in [4.69, 9.17) is 37.9 Å².